The van der Waals surface area contributed by atoms with Gasteiger partial charge in [0.25, 0.3) is 5.91 Å². The van der Waals surface area contributed by atoms with Crippen LogP contribution in [0.2, 0.25) is 0 Å². The third-order valence-corrected chi connectivity index (χ3v) is 5.22. The van der Waals surface area contributed by atoms with Crippen molar-refractivity contribution in [2.75, 3.05) is 5.73 Å². The largest absolute Gasteiger partial charge is 0.386 e. The maximum absolute atomic E-state index is 12.3. The number of H-pyrrole nitrogens is 1. The Labute approximate surface area is 161 Å². The molecule has 0 radical (unpaired) electrons. The van der Waals surface area contributed by atoms with Crippen LogP contribution in [0.5, 0.6) is 0 Å². The van der Waals surface area contributed by atoms with Gasteiger partial charge in [0.15, 0.2) is 0 Å². The minimum Gasteiger partial charge on any atom is -0.386 e. The predicted octanol–water partition coefficient (Wildman–Crippen LogP) is 1.71. The van der Waals surface area contributed by atoms with Crippen LogP contribution in [-0.2, 0) is 5.41 Å². The van der Waals surface area contributed by atoms with Crippen LogP contribution in [0.15, 0.2) is 48.1 Å². The van der Waals surface area contributed by atoms with Crippen LogP contribution in [0, 0.1) is 5.92 Å². The standard InChI is InChI=1S/C19H20N8O/c1-19(13-2-3-13,17(20)27-16(28)12-8-25-26-9-12)14-4-5-15(22-10-14)11-6-23-18(21)24-7-11/h4-10,13H,2-3H2,1H3,(H,25,26)(H2,20,27,28)(H2,21,23,24). The zero-order valence-corrected chi connectivity index (χ0v) is 15.3. The van der Waals surface area contributed by atoms with Crippen molar-refractivity contribution in [3.63, 3.8) is 0 Å². The molecule has 1 amide bonds. The number of nitrogens with one attached hydrogen (secondary N) is 1. The molecule has 1 saturated carbocycles. The Morgan fingerprint density at radius 1 is 1.18 bits per heavy atom. The number of aromatic nitrogens is 5. The molecule has 4 rings (SSSR count). The van der Waals surface area contributed by atoms with E-state index >= 15 is 0 Å². The molecule has 0 spiro atoms. The first-order valence-corrected chi connectivity index (χ1v) is 8.90. The van der Waals surface area contributed by atoms with Gasteiger partial charge in [0.1, 0.15) is 5.84 Å². The number of hydrogen-bond donors (Lipinski definition) is 3. The molecule has 28 heavy (non-hydrogen) atoms. The molecule has 9 nitrogen and oxygen atoms in total. The SMILES string of the molecule is CC(C(N)=NC(=O)c1cn[nH]c1)(c1ccc(-c2cnc(N)nc2)nc1)C1CC1. The number of pyridine rings is 1. The van der Waals surface area contributed by atoms with Gasteiger partial charge in [-0.1, -0.05) is 6.07 Å². The summed E-state index contributed by atoms with van der Waals surface area (Å²) in [6.07, 6.45) is 10.0. The third kappa shape index (κ3) is 3.22. The molecule has 1 aliphatic rings. The Morgan fingerprint density at radius 2 is 1.93 bits per heavy atom. The van der Waals surface area contributed by atoms with Crippen LogP contribution in [0.1, 0.15) is 35.7 Å². The summed E-state index contributed by atoms with van der Waals surface area (Å²) < 4.78 is 0. The number of aliphatic imine (C=N–C) groups is 1. The molecule has 142 valence electrons. The van der Waals surface area contributed by atoms with Crippen molar-refractivity contribution >= 4 is 17.7 Å². The number of carbonyl (C=O) groups excluding carboxylic acids is 1. The summed E-state index contributed by atoms with van der Waals surface area (Å²) in [7, 11) is 0. The number of nitrogens with zero attached hydrogens (tertiary/aromatic N) is 5. The lowest BCUT2D eigenvalue weighted by Gasteiger charge is -2.29. The summed E-state index contributed by atoms with van der Waals surface area (Å²) in [6.45, 7) is 2.01. The number of amidine groups is 1. The molecular formula is C19H20N8O. The van der Waals surface area contributed by atoms with Gasteiger partial charge in [-0.3, -0.25) is 14.9 Å². The average Bonchev–Trinajstić information content (AvgIpc) is 3.42. The Balaban J connectivity index is 1.65. The summed E-state index contributed by atoms with van der Waals surface area (Å²) in [5.74, 6) is 0.405. The number of anilines is 1. The van der Waals surface area contributed by atoms with E-state index in [0.29, 0.717) is 11.5 Å². The third-order valence-electron chi connectivity index (χ3n) is 5.22. The molecule has 3 aromatic heterocycles. The van der Waals surface area contributed by atoms with Crippen LogP contribution in [0.4, 0.5) is 5.95 Å². The van der Waals surface area contributed by atoms with Crippen molar-refractivity contribution in [1.29, 1.82) is 0 Å². The summed E-state index contributed by atoms with van der Waals surface area (Å²) in [5, 5.41) is 6.38. The summed E-state index contributed by atoms with van der Waals surface area (Å²) in [4.78, 5) is 29.0. The van der Waals surface area contributed by atoms with E-state index in [4.69, 9.17) is 11.5 Å². The van der Waals surface area contributed by atoms with Crippen LogP contribution < -0.4 is 11.5 Å². The van der Waals surface area contributed by atoms with Crippen LogP contribution >= 0.6 is 0 Å². The highest BCUT2D eigenvalue weighted by Crippen LogP contribution is 2.47. The summed E-state index contributed by atoms with van der Waals surface area (Å²) in [5.41, 5.74) is 14.1. The van der Waals surface area contributed by atoms with Crippen molar-refractivity contribution in [3.8, 4) is 11.3 Å². The molecule has 3 heterocycles. The number of amides is 1. The fourth-order valence-electron chi connectivity index (χ4n) is 3.25. The molecule has 1 atom stereocenters. The first-order chi connectivity index (χ1) is 13.5. The van der Waals surface area contributed by atoms with E-state index in [0.717, 1.165) is 29.7 Å². The molecule has 1 fully saturated rings. The Kier molecular flexibility index (Phi) is 4.34. The Morgan fingerprint density at radius 3 is 2.50 bits per heavy atom. The smallest absolute Gasteiger partial charge is 0.281 e. The van der Waals surface area contributed by atoms with Gasteiger partial charge in [-0.25, -0.2) is 9.97 Å². The highest BCUT2D eigenvalue weighted by Gasteiger charge is 2.46. The van der Waals surface area contributed by atoms with Crippen molar-refractivity contribution in [2.24, 2.45) is 16.6 Å². The van der Waals surface area contributed by atoms with Crippen LogP contribution in [-0.4, -0.2) is 36.9 Å². The van der Waals surface area contributed by atoms with E-state index < -0.39 is 11.3 Å². The maximum Gasteiger partial charge on any atom is 0.281 e. The minimum atomic E-state index is -0.567. The van der Waals surface area contributed by atoms with Crippen molar-refractivity contribution in [3.05, 3.63) is 54.2 Å². The van der Waals surface area contributed by atoms with Gasteiger partial charge in [-0.15, -0.1) is 0 Å². The fourth-order valence-corrected chi connectivity index (χ4v) is 3.25. The van der Waals surface area contributed by atoms with Gasteiger partial charge >= 0.3 is 0 Å². The molecule has 0 aromatic carbocycles. The van der Waals surface area contributed by atoms with Gasteiger partial charge < -0.3 is 11.5 Å². The lowest BCUT2D eigenvalue weighted by atomic mass is 9.77. The highest BCUT2D eigenvalue weighted by atomic mass is 16.1. The van der Waals surface area contributed by atoms with Crippen molar-refractivity contribution in [1.82, 2.24) is 25.1 Å². The summed E-state index contributed by atoms with van der Waals surface area (Å²) >= 11 is 0. The first kappa shape index (κ1) is 17.8. The second kappa shape index (κ2) is 6.84. The molecule has 0 aliphatic heterocycles. The molecule has 3 aromatic rings. The zero-order valence-electron chi connectivity index (χ0n) is 15.3. The van der Waals surface area contributed by atoms with Gasteiger partial charge in [-0.05, 0) is 37.3 Å². The van der Waals surface area contributed by atoms with Crippen molar-refractivity contribution in [2.45, 2.75) is 25.2 Å². The highest BCUT2D eigenvalue weighted by molar-refractivity contribution is 6.06. The van der Waals surface area contributed by atoms with E-state index in [1.165, 1.54) is 12.4 Å². The van der Waals surface area contributed by atoms with Crippen molar-refractivity contribution < 1.29 is 4.79 Å². The molecule has 9 heteroatoms. The summed E-state index contributed by atoms with van der Waals surface area (Å²) in [6, 6.07) is 3.84. The number of rotatable bonds is 5. The molecule has 5 N–H and O–H groups in total. The van der Waals surface area contributed by atoms with Gasteiger partial charge in [0, 0.05) is 30.4 Å². The van der Waals surface area contributed by atoms with E-state index in [2.05, 4.69) is 30.1 Å². The number of hydrogen-bond acceptors (Lipinski definition) is 6. The molecule has 0 bridgehead atoms. The average molecular weight is 376 g/mol. The quantitative estimate of drug-likeness (QED) is 0.453. The molecule has 0 saturated heterocycles. The lowest BCUT2D eigenvalue weighted by molar-refractivity contribution is 0.100. The van der Waals surface area contributed by atoms with E-state index in [-0.39, 0.29) is 11.8 Å². The number of nitrogen functional groups attached to an aromatic ring is 1. The predicted molar refractivity (Wildman–Crippen MR) is 104 cm³/mol. The van der Waals surface area contributed by atoms with E-state index in [1.807, 2.05) is 19.1 Å². The lowest BCUT2D eigenvalue weighted by Crippen LogP contribution is -2.41. The Hall–Kier alpha value is -3.62. The monoisotopic (exact) mass is 376 g/mol. The number of aromatic amines is 1. The Bertz CT molecular complexity index is 1010. The van der Waals surface area contributed by atoms with Gasteiger partial charge in [0.05, 0.1) is 22.9 Å². The maximum atomic E-state index is 12.3. The van der Waals surface area contributed by atoms with Gasteiger partial charge in [-0.2, -0.15) is 10.1 Å². The molecule has 1 aliphatic carbocycles. The van der Waals surface area contributed by atoms with Crippen LogP contribution in [0.3, 0.4) is 0 Å². The van der Waals surface area contributed by atoms with Crippen LogP contribution in [0.25, 0.3) is 11.3 Å². The topological polar surface area (TPSA) is 149 Å². The second-order valence-electron chi connectivity index (χ2n) is 7.03. The van der Waals surface area contributed by atoms with E-state index in [1.54, 1.807) is 18.6 Å². The van der Waals surface area contributed by atoms with E-state index in [9.17, 15) is 4.79 Å². The zero-order chi connectivity index (χ0) is 19.7. The fraction of sp³-hybridized carbons (Fsp3) is 0.263. The van der Waals surface area contributed by atoms with Gasteiger partial charge in [0.2, 0.25) is 5.95 Å². The number of carbonyl (C=O) groups is 1. The first-order valence-electron chi connectivity index (χ1n) is 8.90. The molecule has 1 unspecified atom stereocenters. The second-order valence-corrected chi connectivity index (χ2v) is 7.03. The normalized spacial score (nSPS) is 16.5. The minimum absolute atomic E-state index is 0.216. The number of nitrogens with two attached hydrogens (primary N) is 2. The molecular weight excluding hydrogens is 356 g/mol.